The van der Waals surface area contributed by atoms with Crippen molar-refractivity contribution in [3.63, 3.8) is 0 Å². The largest absolute Gasteiger partial charge is 0.478 e. The van der Waals surface area contributed by atoms with Crippen LogP contribution in [0.3, 0.4) is 0 Å². The van der Waals surface area contributed by atoms with Crippen molar-refractivity contribution in [1.29, 1.82) is 0 Å². The lowest BCUT2D eigenvalue weighted by Crippen LogP contribution is -2.13. The fourth-order valence-electron chi connectivity index (χ4n) is 1.07. The van der Waals surface area contributed by atoms with E-state index in [-0.39, 0.29) is 5.56 Å². The molecule has 7 heteroatoms. The fourth-order valence-corrected chi connectivity index (χ4v) is 2.16. The van der Waals surface area contributed by atoms with Gasteiger partial charge in [-0.2, -0.15) is 8.42 Å². The van der Waals surface area contributed by atoms with Gasteiger partial charge in [-0.1, -0.05) is 12.1 Å². The lowest BCUT2D eigenvalue weighted by Gasteiger charge is -2.06. The molecule has 6 nitrogen and oxygen atoms in total. The smallest absolute Gasteiger partial charge is 0.337 e. The van der Waals surface area contributed by atoms with E-state index in [2.05, 4.69) is 4.18 Å². The number of aromatic carboxylic acids is 1. The Balaban J connectivity index is 3.17. The van der Waals surface area contributed by atoms with E-state index in [0.29, 0.717) is 0 Å². The van der Waals surface area contributed by atoms with Crippen LogP contribution in [-0.2, 0) is 14.3 Å². The Hall–Kier alpha value is -1.44. The van der Waals surface area contributed by atoms with Gasteiger partial charge in [0.2, 0.25) is 0 Å². The first-order valence-corrected chi connectivity index (χ1v) is 5.72. The van der Waals surface area contributed by atoms with Gasteiger partial charge in [-0.15, -0.1) is 0 Å². The van der Waals surface area contributed by atoms with Crippen molar-refractivity contribution in [3.05, 3.63) is 29.8 Å². The molecule has 0 saturated carbocycles. The highest BCUT2D eigenvalue weighted by Crippen LogP contribution is 2.17. The zero-order chi connectivity index (χ0) is 12.2. The van der Waals surface area contributed by atoms with E-state index in [0.717, 1.165) is 12.1 Å². The van der Waals surface area contributed by atoms with Crippen LogP contribution >= 0.6 is 0 Å². The normalized spacial score (nSPS) is 11.3. The summed E-state index contributed by atoms with van der Waals surface area (Å²) < 4.78 is 27.5. The molecule has 0 radical (unpaired) electrons. The average Bonchev–Trinajstić information content (AvgIpc) is 2.26. The van der Waals surface area contributed by atoms with E-state index < -0.39 is 34.2 Å². The quantitative estimate of drug-likeness (QED) is 0.714. The summed E-state index contributed by atoms with van der Waals surface area (Å²) >= 11 is 0. The summed E-state index contributed by atoms with van der Waals surface area (Å²) in [6.07, 6.45) is 0. The zero-order valence-electron chi connectivity index (χ0n) is 8.16. The second-order valence-electron chi connectivity index (χ2n) is 2.80. The van der Waals surface area contributed by atoms with Crippen LogP contribution < -0.4 is 0 Å². The van der Waals surface area contributed by atoms with Gasteiger partial charge in [-0.05, 0) is 12.1 Å². The van der Waals surface area contributed by atoms with Gasteiger partial charge in [0.05, 0.1) is 18.8 Å². The molecule has 1 aromatic carbocycles. The molecule has 0 aliphatic heterocycles. The van der Waals surface area contributed by atoms with Gasteiger partial charge < -0.3 is 10.2 Å². The topological polar surface area (TPSA) is 101 Å². The predicted octanol–water partition coefficient (Wildman–Crippen LogP) is 0.0824. The molecule has 0 aromatic heterocycles. The first-order valence-electron chi connectivity index (χ1n) is 4.31. The Bertz CT molecular complexity index is 479. The van der Waals surface area contributed by atoms with Crippen LogP contribution in [0.25, 0.3) is 0 Å². The number of carboxylic acids is 1. The second-order valence-corrected chi connectivity index (χ2v) is 4.38. The third kappa shape index (κ3) is 2.78. The molecule has 2 N–H and O–H groups in total. The Labute approximate surface area is 92.2 Å². The van der Waals surface area contributed by atoms with E-state index in [1.54, 1.807) is 0 Å². The Morgan fingerprint density at radius 1 is 1.31 bits per heavy atom. The molecule has 0 bridgehead atoms. The van der Waals surface area contributed by atoms with Crippen molar-refractivity contribution in [2.75, 3.05) is 13.2 Å². The number of rotatable bonds is 5. The number of hydrogen-bond acceptors (Lipinski definition) is 5. The third-order valence-corrected chi connectivity index (χ3v) is 3.09. The molecule has 0 saturated heterocycles. The van der Waals surface area contributed by atoms with Gasteiger partial charge in [-0.25, -0.2) is 4.79 Å². The van der Waals surface area contributed by atoms with Crippen LogP contribution in [0.1, 0.15) is 10.4 Å². The molecule has 16 heavy (non-hydrogen) atoms. The number of benzene rings is 1. The van der Waals surface area contributed by atoms with Crippen molar-refractivity contribution in [2.45, 2.75) is 4.90 Å². The molecule has 0 fully saturated rings. The number of carbonyl (C=O) groups is 1. The van der Waals surface area contributed by atoms with Crippen molar-refractivity contribution in [3.8, 4) is 0 Å². The highest BCUT2D eigenvalue weighted by Gasteiger charge is 2.22. The molecule has 1 aromatic rings. The van der Waals surface area contributed by atoms with E-state index in [4.69, 9.17) is 10.2 Å². The van der Waals surface area contributed by atoms with E-state index in [1.165, 1.54) is 12.1 Å². The zero-order valence-corrected chi connectivity index (χ0v) is 8.98. The van der Waals surface area contributed by atoms with Gasteiger partial charge in [0, 0.05) is 0 Å². The number of carboxylic acid groups (broad SMARTS) is 1. The highest BCUT2D eigenvalue weighted by molar-refractivity contribution is 7.86. The summed E-state index contributed by atoms with van der Waals surface area (Å²) in [5.74, 6) is -1.35. The maximum atomic E-state index is 11.5. The van der Waals surface area contributed by atoms with Crippen molar-refractivity contribution in [1.82, 2.24) is 0 Å². The maximum absolute atomic E-state index is 11.5. The van der Waals surface area contributed by atoms with Crippen LogP contribution in [0.4, 0.5) is 0 Å². The van der Waals surface area contributed by atoms with Gasteiger partial charge >= 0.3 is 5.97 Å². The number of hydrogen-bond donors (Lipinski definition) is 2. The molecule has 1 rings (SSSR count). The van der Waals surface area contributed by atoms with Crippen molar-refractivity contribution >= 4 is 16.1 Å². The van der Waals surface area contributed by atoms with E-state index in [9.17, 15) is 13.2 Å². The molecule has 0 aliphatic carbocycles. The van der Waals surface area contributed by atoms with Crippen molar-refractivity contribution in [2.24, 2.45) is 0 Å². The summed E-state index contributed by atoms with van der Waals surface area (Å²) in [5, 5.41) is 17.2. The molecule has 0 atom stereocenters. The SMILES string of the molecule is O=C(O)c1ccccc1S(=O)(=O)OCCO. The van der Waals surface area contributed by atoms with Crippen LogP contribution in [0.5, 0.6) is 0 Å². The fraction of sp³-hybridized carbons (Fsp3) is 0.222. The summed E-state index contributed by atoms with van der Waals surface area (Å²) in [5.41, 5.74) is -0.361. The van der Waals surface area contributed by atoms with Gasteiger partial charge in [0.25, 0.3) is 10.1 Å². The molecule has 0 unspecified atom stereocenters. The molecular formula is C9H10O6S. The van der Waals surface area contributed by atoms with Crippen LogP contribution in [0.2, 0.25) is 0 Å². The minimum absolute atomic E-state index is 0.361. The molecule has 0 amide bonds. The minimum atomic E-state index is -4.14. The minimum Gasteiger partial charge on any atom is -0.478 e. The van der Waals surface area contributed by atoms with Gasteiger partial charge in [0.15, 0.2) is 0 Å². The molecule has 0 spiro atoms. The van der Waals surface area contributed by atoms with Crippen LogP contribution in [0.15, 0.2) is 29.2 Å². The van der Waals surface area contributed by atoms with Crippen LogP contribution in [-0.4, -0.2) is 37.8 Å². The highest BCUT2D eigenvalue weighted by atomic mass is 32.2. The standard InChI is InChI=1S/C9H10O6S/c10-5-6-15-16(13,14)8-4-2-1-3-7(8)9(11)12/h1-4,10H,5-6H2,(H,11,12). The second kappa shape index (κ2) is 5.06. The van der Waals surface area contributed by atoms with Crippen molar-refractivity contribution < 1.29 is 27.6 Å². The molecular weight excluding hydrogens is 236 g/mol. The van der Waals surface area contributed by atoms with E-state index in [1.807, 2.05) is 0 Å². The summed E-state index contributed by atoms with van der Waals surface area (Å²) in [6.45, 7) is -0.870. The van der Waals surface area contributed by atoms with Crippen LogP contribution in [0, 0.1) is 0 Å². The lowest BCUT2D eigenvalue weighted by molar-refractivity contribution is 0.0692. The Kier molecular flexibility index (Phi) is 3.99. The summed E-state index contributed by atoms with van der Waals surface area (Å²) in [6, 6.07) is 5.10. The Morgan fingerprint density at radius 3 is 2.50 bits per heavy atom. The maximum Gasteiger partial charge on any atom is 0.337 e. The number of aliphatic hydroxyl groups excluding tert-OH is 1. The molecule has 0 aliphatic rings. The lowest BCUT2D eigenvalue weighted by atomic mass is 10.2. The first-order chi connectivity index (χ1) is 7.49. The summed E-state index contributed by atoms with van der Waals surface area (Å²) in [7, 11) is -4.14. The third-order valence-electron chi connectivity index (χ3n) is 1.72. The molecule has 88 valence electrons. The monoisotopic (exact) mass is 246 g/mol. The van der Waals surface area contributed by atoms with Gasteiger partial charge in [0.1, 0.15) is 4.90 Å². The summed E-state index contributed by atoms with van der Waals surface area (Å²) in [4.78, 5) is 10.4. The first kappa shape index (κ1) is 12.6. The predicted molar refractivity (Wildman–Crippen MR) is 53.6 cm³/mol. The Morgan fingerprint density at radius 2 is 1.94 bits per heavy atom. The van der Waals surface area contributed by atoms with Gasteiger partial charge in [-0.3, -0.25) is 4.18 Å². The van der Waals surface area contributed by atoms with E-state index >= 15 is 0 Å². The number of aliphatic hydroxyl groups is 1. The molecule has 0 heterocycles. The average molecular weight is 246 g/mol.